The van der Waals surface area contributed by atoms with E-state index in [0.29, 0.717) is 45.2 Å². The molecule has 39 heavy (non-hydrogen) atoms. The number of hydrogen-bond acceptors (Lipinski definition) is 7. The molecule has 0 saturated heterocycles. The molecule has 200 valence electrons. The first-order chi connectivity index (χ1) is 18.9. The first-order valence-corrected chi connectivity index (χ1v) is 12.3. The van der Waals surface area contributed by atoms with E-state index in [-0.39, 0.29) is 18.3 Å². The number of fused-ring (bicyclic) bond motifs is 1. The van der Waals surface area contributed by atoms with E-state index >= 15 is 0 Å². The van der Waals surface area contributed by atoms with Crippen molar-refractivity contribution in [3.05, 3.63) is 100 Å². The fourth-order valence-electron chi connectivity index (χ4n) is 4.36. The molecule has 0 spiro atoms. The van der Waals surface area contributed by atoms with E-state index in [4.69, 9.17) is 25.8 Å². The largest absolute Gasteiger partial charge is 0.495 e. The van der Waals surface area contributed by atoms with Crippen LogP contribution in [0.15, 0.2) is 78.3 Å². The van der Waals surface area contributed by atoms with Crippen molar-refractivity contribution >= 4 is 29.1 Å². The lowest BCUT2D eigenvalue weighted by Crippen LogP contribution is -2.31. The molecule has 0 fully saturated rings. The molecule has 0 unspecified atom stereocenters. The van der Waals surface area contributed by atoms with Crippen LogP contribution in [0.25, 0.3) is 0 Å². The average molecular weight is 550 g/mol. The van der Waals surface area contributed by atoms with E-state index in [9.17, 15) is 9.18 Å². The summed E-state index contributed by atoms with van der Waals surface area (Å²) in [5.74, 6) is 1.16. The van der Waals surface area contributed by atoms with E-state index in [0.717, 1.165) is 11.1 Å². The number of halogens is 2. The lowest BCUT2D eigenvalue weighted by atomic mass is 9.94. The van der Waals surface area contributed by atoms with Gasteiger partial charge in [0.05, 0.1) is 30.5 Å². The summed E-state index contributed by atoms with van der Waals surface area (Å²) in [6.45, 7) is 2.06. The Kier molecular flexibility index (Phi) is 7.38. The minimum atomic E-state index is -0.613. The van der Waals surface area contributed by atoms with Gasteiger partial charge in [0.15, 0.2) is 0 Å². The van der Waals surface area contributed by atoms with E-state index in [2.05, 4.69) is 20.7 Å². The fraction of sp³-hybridized carbons (Fsp3) is 0.179. The van der Waals surface area contributed by atoms with Crippen LogP contribution in [-0.2, 0) is 11.4 Å². The Morgan fingerprint density at radius 2 is 1.87 bits per heavy atom. The number of rotatable bonds is 8. The third-order valence-electron chi connectivity index (χ3n) is 6.25. The maximum Gasteiger partial charge on any atom is 0.255 e. The van der Waals surface area contributed by atoms with Gasteiger partial charge < -0.3 is 24.8 Å². The van der Waals surface area contributed by atoms with Crippen LogP contribution < -0.4 is 24.8 Å². The highest BCUT2D eigenvalue weighted by atomic mass is 35.5. The molecule has 4 aromatic rings. The smallest absolute Gasteiger partial charge is 0.255 e. The number of anilines is 2. The highest BCUT2D eigenvalue weighted by molar-refractivity contribution is 6.32. The summed E-state index contributed by atoms with van der Waals surface area (Å²) in [6.07, 6.45) is 1.42. The predicted molar refractivity (Wildman–Crippen MR) is 145 cm³/mol. The third kappa shape index (κ3) is 5.37. The second kappa shape index (κ2) is 11.0. The third-order valence-corrected chi connectivity index (χ3v) is 6.55. The number of benzene rings is 3. The second-order valence-electron chi connectivity index (χ2n) is 8.72. The number of aromatic nitrogens is 3. The quantitative estimate of drug-likeness (QED) is 0.295. The molecule has 1 aliphatic rings. The van der Waals surface area contributed by atoms with Crippen LogP contribution in [-0.4, -0.2) is 34.9 Å². The van der Waals surface area contributed by atoms with E-state index < -0.39 is 6.04 Å². The van der Waals surface area contributed by atoms with E-state index in [1.54, 1.807) is 35.9 Å². The van der Waals surface area contributed by atoms with Crippen molar-refractivity contribution in [3.8, 4) is 17.2 Å². The molecular formula is C28H25ClFN5O4. The van der Waals surface area contributed by atoms with Gasteiger partial charge in [0.1, 0.15) is 42.0 Å². The molecular weight excluding hydrogens is 525 g/mol. The van der Waals surface area contributed by atoms with Crippen molar-refractivity contribution in [2.75, 3.05) is 24.9 Å². The van der Waals surface area contributed by atoms with Crippen LogP contribution in [0, 0.1) is 5.82 Å². The summed E-state index contributed by atoms with van der Waals surface area (Å²) in [5, 5.41) is 10.8. The Labute approximate surface area is 229 Å². The highest BCUT2D eigenvalue weighted by Crippen LogP contribution is 2.39. The molecule has 0 aliphatic carbocycles. The molecule has 1 atom stereocenters. The molecule has 1 aromatic heterocycles. The minimum absolute atomic E-state index is 0.255. The standard InChI is InChI=1S/C28H25ClFN5O4/c1-16-25(27(36)34-22-13-23(37-2)21(29)12-24(22)38-3)26(35-28(33-16)31-15-32-35)18-5-4-6-20(11-18)39-14-17-7-9-19(30)10-8-17/h4-13,15,26H,14H2,1-3H3,(H,34,36)(H,31,32,33)/t26-/m0/s1. The first kappa shape index (κ1) is 26.1. The number of methoxy groups -OCH3 is 2. The maximum atomic E-state index is 13.8. The maximum absolute atomic E-state index is 13.8. The van der Waals surface area contributed by atoms with Crippen LogP contribution in [0.1, 0.15) is 24.1 Å². The zero-order chi connectivity index (χ0) is 27.5. The summed E-state index contributed by atoms with van der Waals surface area (Å²) in [6, 6.07) is 16.1. The summed E-state index contributed by atoms with van der Waals surface area (Å²) < 4.78 is 31.6. The Bertz CT molecular complexity index is 1550. The SMILES string of the molecule is COc1cc(NC(=O)C2=C(C)Nc3ncnn3[C@H]2c2cccc(OCc3ccc(F)cc3)c2)c(OC)cc1Cl. The molecule has 2 heterocycles. The molecule has 11 heteroatoms. The normalized spacial score (nSPS) is 14.3. The van der Waals surface area contributed by atoms with Crippen molar-refractivity contribution in [2.24, 2.45) is 0 Å². The van der Waals surface area contributed by atoms with Crippen molar-refractivity contribution in [2.45, 2.75) is 19.6 Å². The molecule has 0 radical (unpaired) electrons. The first-order valence-electron chi connectivity index (χ1n) is 11.9. The molecule has 0 saturated carbocycles. The molecule has 0 bridgehead atoms. The van der Waals surface area contributed by atoms with Gasteiger partial charge in [-0.2, -0.15) is 10.1 Å². The second-order valence-corrected chi connectivity index (χ2v) is 9.13. The van der Waals surface area contributed by atoms with Gasteiger partial charge in [0.2, 0.25) is 5.95 Å². The number of nitrogens with zero attached hydrogens (tertiary/aromatic N) is 3. The Morgan fingerprint density at radius 1 is 1.10 bits per heavy atom. The number of hydrogen-bond donors (Lipinski definition) is 2. The zero-order valence-corrected chi connectivity index (χ0v) is 22.1. The molecule has 5 rings (SSSR count). The lowest BCUT2D eigenvalue weighted by molar-refractivity contribution is -0.113. The summed E-state index contributed by atoms with van der Waals surface area (Å²) >= 11 is 6.24. The number of carbonyl (C=O) groups is 1. The highest BCUT2D eigenvalue weighted by Gasteiger charge is 2.34. The number of amides is 1. The Balaban J connectivity index is 1.47. The van der Waals surface area contributed by atoms with Gasteiger partial charge in [-0.3, -0.25) is 4.79 Å². The van der Waals surface area contributed by atoms with Gasteiger partial charge >= 0.3 is 0 Å². The van der Waals surface area contributed by atoms with Crippen LogP contribution in [0.5, 0.6) is 17.2 Å². The summed E-state index contributed by atoms with van der Waals surface area (Å²) in [5.41, 5.74) is 2.99. The zero-order valence-electron chi connectivity index (χ0n) is 21.4. The number of ether oxygens (including phenoxy) is 3. The average Bonchev–Trinajstić information content (AvgIpc) is 3.40. The number of carbonyl (C=O) groups excluding carboxylic acids is 1. The van der Waals surface area contributed by atoms with Crippen LogP contribution >= 0.6 is 11.6 Å². The van der Waals surface area contributed by atoms with Gasteiger partial charge in [0.25, 0.3) is 5.91 Å². The molecule has 2 N–H and O–H groups in total. The van der Waals surface area contributed by atoms with Crippen LogP contribution in [0.4, 0.5) is 16.0 Å². The summed E-state index contributed by atoms with van der Waals surface area (Å²) in [7, 11) is 2.98. The molecule has 9 nitrogen and oxygen atoms in total. The van der Waals surface area contributed by atoms with Gasteiger partial charge in [-0.25, -0.2) is 9.07 Å². The van der Waals surface area contributed by atoms with Gasteiger partial charge in [-0.15, -0.1) is 0 Å². The van der Waals surface area contributed by atoms with Crippen molar-refractivity contribution < 1.29 is 23.4 Å². The predicted octanol–water partition coefficient (Wildman–Crippen LogP) is 5.59. The van der Waals surface area contributed by atoms with Crippen molar-refractivity contribution in [3.63, 3.8) is 0 Å². The van der Waals surface area contributed by atoms with Crippen LogP contribution in [0.3, 0.4) is 0 Å². The summed E-state index contributed by atoms with van der Waals surface area (Å²) in [4.78, 5) is 18.1. The Hall–Kier alpha value is -4.57. The van der Waals surface area contributed by atoms with Crippen molar-refractivity contribution in [1.82, 2.24) is 14.8 Å². The number of nitrogens with one attached hydrogen (secondary N) is 2. The number of allylic oxidation sites excluding steroid dienone is 1. The molecule has 3 aromatic carbocycles. The van der Waals surface area contributed by atoms with E-state index in [1.807, 2.05) is 24.3 Å². The Morgan fingerprint density at radius 3 is 2.62 bits per heavy atom. The van der Waals surface area contributed by atoms with Gasteiger partial charge in [-0.05, 0) is 42.3 Å². The minimum Gasteiger partial charge on any atom is -0.495 e. The van der Waals surface area contributed by atoms with Gasteiger partial charge in [0, 0.05) is 17.8 Å². The monoisotopic (exact) mass is 549 g/mol. The lowest BCUT2D eigenvalue weighted by Gasteiger charge is -2.29. The topological polar surface area (TPSA) is 99.5 Å². The van der Waals surface area contributed by atoms with E-state index in [1.165, 1.54) is 32.7 Å². The van der Waals surface area contributed by atoms with Crippen LogP contribution in [0.2, 0.25) is 5.02 Å². The van der Waals surface area contributed by atoms with Crippen molar-refractivity contribution in [1.29, 1.82) is 0 Å². The van der Waals surface area contributed by atoms with Gasteiger partial charge in [-0.1, -0.05) is 35.9 Å². The fourth-order valence-corrected chi connectivity index (χ4v) is 4.59. The molecule has 1 amide bonds. The molecule has 1 aliphatic heterocycles.